The summed E-state index contributed by atoms with van der Waals surface area (Å²) in [7, 11) is 0. The Bertz CT molecular complexity index is 5650. The van der Waals surface area contributed by atoms with Gasteiger partial charge < -0.3 is 0 Å². The summed E-state index contributed by atoms with van der Waals surface area (Å²) in [6.07, 6.45) is 0. The molecular formula is C82H48. The molecule has 0 saturated heterocycles. The summed E-state index contributed by atoms with van der Waals surface area (Å²) in [6, 6.07) is 97.3. The fourth-order valence-electron chi connectivity index (χ4n) is 16.0. The largest absolute Gasteiger partial charge is 0.0622 e. The fraction of sp³-hybridized carbons (Fsp3) is 0.0244. The van der Waals surface area contributed by atoms with Crippen molar-refractivity contribution >= 4 is 118 Å². The topological polar surface area (TPSA) is 0 Å². The number of rotatable bonds is 5. The maximum Gasteiger partial charge on any atom is -0.000718 e. The molecule has 18 aromatic rings. The van der Waals surface area contributed by atoms with E-state index in [-0.39, 0.29) is 0 Å². The second-order valence-corrected chi connectivity index (χ2v) is 23.2. The molecule has 0 spiro atoms. The van der Waals surface area contributed by atoms with Crippen LogP contribution in [0.2, 0.25) is 0 Å². The SMILES string of the molecule is Cc1ccccc1-c1c2c(c(-c3ccccc3C)c3ccccc13)-c1ccc3c4ccc5c6c(-c7ccccc7-c7ccccc7)c7cc8c(cc7c(-c7ccccc7)c6c6ccc(c7ccc-2c1c73)c4c65)c1cccc2cccc8c21. The molecule has 0 amide bonds. The standard InChI is InChI=1S/C82H48/c1-45-19-9-11-27-50(45)72-54-31-15-16-32-55(54)73(51-28-12-10-20-46(51)2)81-64-41-37-61-59-38-42-65-77-62(39-35-58(74(59)77)60-36-40-63(80(72)81)78(64)75(60)61)79-71(49-23-7-4-8-24-49)68-43-66-56-33-17-25-48-26-18-34-57(70(48)56)67(66)44-69(68)76(82(65)79)53-30-14-13-29-52(53)47-21-5-3-6-22-47/h3-44H,1-2H3. The molecule has 0 saturated carbocycles. The minimum Gasteiger partial charge on any atom is -0.0622 e. The Morgan fingerprint density at radius 2 is 0.561 bits per heavy atom. The Balaban J connectivity index is 0.986. The van der Waals surface area contributed by atoms with E-state index >= 15 is 0 Å². The van der Waals surface area contributed by atoms with E-state index in [9.17, 15) is 0 Å². The summed E-state index contributed by atoms with van der Waals surface area (Å²) in [5, 5.41) is 28.9. The Hall–Kier alpha value is -10.4. The van der Waals surface area contributed by atoms with E-state index in [1.165, 1.54) is 208 Å². The molecule has 0 aliphatic heterocycles. The van der Waals surface area contributed by atoms with Crippen LogP contribution in [0.25, 0.3) is 196 Å². The van der Waals surface area contributed by atoms with Gasteiger partial charge in [-0.3, -0.25) is 0 Å². The van der Waals surface area contributed by atoms with Crippen molar-refractivity contribution in [3.8, 4) is 77.9 Å². The molecule has 19 rings (SSSR count). The van der Waals surface area contributed by atoms with Crippen LogP contribution >= 0.6 is 0 Å². The zero-order valence-electron chi connectivity index (χ0n) is 45.2. The normalized spacial score (nSPS) is 12.5. The average Bonchev–Trinajstić information content (AvgIpc) is 1.62. The van der Waals surface area contributed by atoms with Gasteiger partial charge in [-0.05, 0) is 233 Å². The highest BCUT2D eigenvalue weighted by Crippen LogP contribution is 2.62. The minimum absolute atomic E-state index is 1.21. The van der Waals surface area contributed by atoms with Gasteiger partial charge in [-0.2, -0.15) is 0 Å². The van der Waals surface area contributed by atoms with Gasteiger partial charge in [0.2, 0.25) is 0 Å². The van der Waals surface area contributed by atoms with Gasteiger partial charge in [-0.1, -0.05) is 243 Å². The molecule has 0 fully saturated rings. The second-order valence-electron chi connectivity index (χ2n) is 23.2. The Morgan fingerprint density at radius 1 is 0.171 bits per heavy atom. The van der Waals surface area contributed by atoms with Crippen LogP contribution in [-0.2, 0) is 0 Å². The van der Waals surface area contributed by atoms with Crippen molar-refractivity contribution < 1.29 is 0 Å². The van der Waals surface area contributed by atoms with Crippen LogP contribution in [-0.4, -0.2) is 0 Å². The molecule has 0 bridgehead atoms. The first-order valence-electron chi connectivity index (χ1n) is 28.9. The third kappa shape index (κ3) is 5.61. The van der Waals surface area contributed by atoms with E-state index in [1.54, 1.807) is 0 Å². The highest BCUT2D eigenvalue weighted by atomic mass is 14.4. The van der Waals surface area contributed by atoms with Gasteiger partial charge >= 0.3 is 0 Å². The van der Waals surface area contributed by atoms with Crippen molar-refractivity contribution in [2.24, 2.45) is 0 Å². The number of hydrogen-bond donors (Lipinski definition) is 0. The monoisotopic (exact) mass is 1030 g/mol. The second kappa shape index (κ2) is 16.1. The van der Waals surface area contributed by atoms with Crippen LogP contribution in [0.1, 0.15) is 11.1 Å². The van der Waals surface area contributed by atoms with Crippen molar-refractivity contribution in [1.82, 2.24) is 0 Å². The van der Waals surface area contributed by atoms with Gasteiger partial charge in [0.15, 0.2) is 0 Å². The van der Waals surface area contributed by atoms with Crippen LogP contribution < -0.4 is 0 Å². The predicted molar refractivity (Wildman–Crippen MR) is 354 cm³/mol. The van der Waals surface area contributed by atoms with Gasteiger partial charge in [-0.15, -0.1) is 0 Å². The summed E-state index contributed by atoms with van der Waals surface area (Å²) in [6.45, 7) is 4.55. The van der Waals surface area contributed by atoms with Crippen molar-refractivity contribution in [3.05, 3.63) is 266 Å². The summed E-state index contributed by atoms with van der Waals surface area (Å²) < 4.78 is 0. The zero-order valence-corrected chi connectivity index (χ0v) is 45.2. The molecule has 1 aliphatic rings. The van der Waals surface area contributed by atoms with Crippen LogP contribution in [0.3, 0.4) is 0 Å². The zero-order chi connectivity index (χ0) is 53.6. The lowest BCUT2D eigenvalue weighted by molar-refractivity contribution is 1.46. The molecule has 0 aromatic heterocycles. The Kier molecular flexibility index (Phi) is 8.75. The number of benzene rings is 16. The number of fused-ring (bicyclic) bond motifs is 13. The van der Waals surface area contributed by atoms with E-state index in [4.69, 9.17) is 0 Å². The van der Waals surface area contributed by atoms with Crippen LogP contribution in [0.5, 0.6) is 0 Å². The molecule has 0 nitrogen and oxygen atoms in total. The van der Waals surface area contributed by atoms with Crippen LogP contribution in [0.15, 0.2) is 255 Å². The maximum absolute atomic E-state index is 2.57. The lowest BCUT2D eigenvalue weighted by Gasteiger charge is -2.22. The quantitative estimate of drug-likeness (QED) is 0.119. The fourth-order valence-corrected chi connectivity index (χ4v) is 16.0. The third-order valence-corrected chi connectivity index (χ3v) is 19.3. The highest BCUT2D eigenvalue weighted by molar-refractivity contribution is 6.48. The van der Waals surface area contributed by atoms with Crippen molar-refractivity contribution in [3.63, 3.8) is 0 Å². The first-order valence-corrected chi connectivity index (χ1v) is 28.9. The summed E-state index contributed by atoms with van der Waals surface area (Å²) in [4.78, 5) is 0. The molecule has 0 heteroatoms. The first kappa shape index (κ1) is 44.5. The van der Waals surface area contributed by atoms with E-state index in [2.05, 4.69) is 269 Å². The van der Waals surface area contributed by atoms with Crippen LogP contribution in [0, 0.1) is 13.8 Å². The lowest BCUT2D eigenvalue weighted by Crippen LogP contribution is -1.95. The minimum atomic E-state index is 1.21. The van der Waals surface area contributed by atoms with Crippen LogP contribution in [0.4, 0.5) is 0 Å². The third-order valence-electron chi connectivity index (χ3n) is 19.3. The van der Waals surface area contributed by atoms with Gasteiger partial charge in [0.25, 0.3) is 0 Å². The molecule has 0 unspecified atom stereocenters. The van der Waals surface area contributed by atoms with E-state index in [0.717, 1.165) is 0 Å². The first-order chi connectivity index (χ1) is 40.6. The maximum atomic E-state index is 2.57. The number of hydrogen-bond acceptors (Lipinski definition) is 0. The predicted octanol–water partition coefficient (Wildman–Crippen LogP) is 23.3. The van der Waals surface area contributed by atoms with Gasteiger partial charge in [-0.25, -0.2) is 0 Å². The van der Waals surface area contributed by atoms with Gasteiger partial charge in [0.05, 0.1) is 0 Å². The van der Waals surface area contributed by atoms with E-state index in [1.807, 2.05) is 0 Å². The van der Waals surface area contributed by atoms with Gasteiger partial charge in [0.1, 0.15) is 0 Å². The molecule has 1 aliphatic carbocycles. The lowest BCUT2D eigenvalue weighted by atomic mass is 9.81. The molecule has 0 radical (unpaired) electrons. The van der Waals surface area contributed by atoms with Gasteiger partial charge in [0, 0.05) is 0 Å². The Labute approximate surface area is 473 Å². The molecule has 18 aromatic carbocycles. The molecule has 82 heavy (non-hydrogen) atoms. The summed E-state index contributed by atoms with van der Waals surface area (Å²) in [5.41, 5.74) is 20.6. The van der Waals surface area contributed by atoms with E-state index < -0.39 is 0 Å². The smallest absolute Gasteiger partial charge is 0.000718 e. The Morgan fingerprint density at radius 3 is 1.11 bits per heavy atom. The molecule has 376 valence electrons. The molecule has 0 N–H and O–H groups in total. The molecular weight excluding hydrogens is 985 g/mol. The van der Waals surface area contributed by atoms with Crippen molar-refractivity contribution in [2.75, 3.05) is 0 Å². The summed E-state index contributed by atoms with van der Waals surface area (Å²) >= 11 is 0. The van der Waals surface area contributed by atoms with Crippen molar-refractivity contribution in [2.45, 2.75) is 13.8 Å². The van der Waals surface area contributed by atoms with Crippen molar-refractivity contribution in [1.29, 1.82) is 0 Å². The molecule has 0 atom stereocenters. The van der Waals surface area contributed by atoms with E-state index in [0.29, 0.717) is 0 Å². The number of aryl methyl sites for hydroxylation is 2. The highest BCUT2D eigenvalue weighted by Gasteiger charge is 2.34. The average molecular weight is 1030 g/mol. The summed E-state index contributed by atoms with van der Waals surface area (Å²) in [5.74, 6) is 0. The molecule has 0 heterocycles.